The van der Waals surface area contributed by atoms with Gasteiger partial charge in [-0.15, -0.1) is 0 Å². The van der Waals surface area contributed by atoms with Crippen LogP contribution in [-0.4, -0.2) is 97.6 Å². The zero-order chi connectivity index (χ0) is 28.3. The Morgan fingerprint density at radius 1 is 1.21 bits per heavy atom. The number of halogens is 1. The second-order valence-electron chi connectivity index (χ2n) is 9.39. The van der Waals surface area contributed by atoms with Crippen molar-refractivity contribution in [1.29, 1.82) is 5.41 Å². The number of aromatic nitrogens is 3. The van der Waals surface area contributed by atoms with Gasteiger partial charge < -0.3 is 25.5 Å². The fourth-order valence-electron chi connectivity index (χ4n) is 4.25. The van der Waals surface area contributed by atoms with E-state index < -0.39 is 10.0 Å². The first-order valence-electron chi connectivity index (χ1n) is 12.2. The van der Waals surface area contributed by atoms with E-state index in [2.05, 4.69) is 30.5 Å². The third-order valence-corrected chi connectivity index (χ3v) is 8.02. The summed E-state index contributed by atoms with van der Waals surface area (Å²) in [7, 11) is 2.31. The van der Waals surface area contributed by atoms with Gasteiger partial charge in [-0.2, -0.15) is 4.31 Å². The largest absolute Gasteiger partial charge is 0.395 e. The Balaban J connectivity index is 1.63. The number of benzene rings is 1. The smallest absolute Gasteiger partial charge is 0.211 e. The van der Waals surface area contributed by atoms with Gasteiger partial charge in [-0.1, -0.05) is 11.6 Å². The van der Waals surface area contributed by atoms with Gasteiger partial charge in [0.15, 0.2) is 5.82 Å². The molecule has 0 spiro atoms. The highest BCUT2D eigenvalue weighted by molar-refractivity contribution is 7.88. The maximum atomic E-state index is 11.9. The lowest BCUT2D eigenvalue weighted by atomic mass is 10.0. The van der Waals surface area contributed by atoms with Gasteiger partial charge in [0.2, 0.25) is 10.0 Å². The number of aliphatic hydroxyl groups is 1. The van der Waals surface area contributed by atoms with Crippen molar-refractivity contribution in [3.8, 4) is 0 Å². The lowest BCUT2D eigenvalue weighted by Crippen LogP contribution is -2.59. The Morgan fingerprint density at radius 2 is 1.95 bits per heavy atom. The van der Waals surface area contributed by atoms with Crippen LogP contribution in [-0.2, 0) is 10.0 Å². The first kappa shape index (κ1) is 28.5. The molecule has 39 heavy (non-hydrogen) atoms. The Labute approximate surface area is 232 Å². The number of aliphatic hydroxyl groups excluding tert-OH is 1. The number of pyridine rings is 1. The van der Waals surface area contributed by atoms with Crippen LogP contribution in [0.25, 0.3) is 16.3 Å². The summed E-state index contributed by atoms with van der Waals surface area (Å²) in [5.41, 5.74) is 2.28. The molecule has 0 bridgehead atoms. The minimum Gasteiger partial charge on any atom is -0.395 e. The number of rotatable bonds is 11. The minimum absolute atomic E-state index is 0.0673. The van der Waals surface area contributed by atoms with Crippen molar-refractivity contribution in [3.05, 3.63) is 48.7 Å². The monoisotopic (exact) mass is 573 g/mol. The van der Waals surface area contributed by atoms with Gasteiger partial charge in [0.05, 0.1) is 24.5 Å². The van der Waals surface area contributed by atoms with Gasteiger partial charge in [-0.25, -0.2) is 23.4 Å². The maximum Gasteiger partial charge on any atom is 0.211 e. The van der Waals surface area contributed by atoms with Crippen LogP contribution in [0.1, 0.15) is 5.82 Å². The second kappa shape index (κ2) is 11.7. The van der Waals surface area contributed by atoms with E-state index in [0.29, 0.717) is 31.3 Å². The van der Waals surface area contributed by atoms with E-state index in [9.17, 15) is 8.42 Å². The van der Waals surface area contributed by atoms with Crippen molar-refractivity contribution < 1.29 is 13.5 Å². The molecule has 3 aromatic rings. The molecule has 0 aliphatic carbocycles. The molecule has 1 fully saturated rings. The Kier molecular flexibility index (Phi) is 8.54. The van der Waals surface area contributed by atoms with Gasteiger partial charge in [-0.3, -0.25) is 5.41 Å². The zero-order valence-corrected chi connectivity index (χ0v) is 23.8. The molecule has 1 aliphatic heterocycles. The molecule has 0 radical (unpaired) electrons. The molecule has 3 heterocycles. The first-order valence-corrected chi connectivity index (χ1v) is 14.4. The van der Waals surface area contributed by atoms with Gasteiger partial charge in [0, 0.05) is 81.5 Å². The summed E-state index contributed by atoms with van der Waals surface area (Å²) >= 11 is 5.95. The van der Waals surface area contributed by atoms with Crippen molar-refractivity contribution >= 4 is 66.2 Å². The van der Waals surface area contributed by atoms with Crippen LogP contribution >= 0.6 is 11.6 Å². The van der Waals surface area contributed by atoms with Gasteiger partial charge in [0.25, 0.3) is 0 Å². The van der Waals surface area contributed by atoms with E-state index in [4.69, 9.17) is 22.1 Å². The van der Waals surface area contributed by atoms with Gasteiger partial charge >= 0.3 is 0 Å². The lowest BCUT2D eigenvalue weighted by molar-refractivity contribution is 0.298. The molecule has 0 saturated carbocycles. The average Bonchev–Trinajstić information content (AvgIpc) is 2.84. The van der Waals surface area contributed by atoms with Crippen molar-refractivity contribution in [2.75, 3.05) is 68.8 Å². The number of nitrogens with zero attached hydrogens (tertiary/aromatic N) is 6. The number of hydrogen-bond acceptors (Lipinski definition) is 11. The average molecular weight is 574 g/mol. The predicted octanol–water partition coefficient (Wildman–Crippen LogP) is 2.05. The normalized spacial score (nSPS) is 14.4. The summed E-state index contributed by atoms with van der Waals surface area (Å²) in [5.74, 6) is 1.28. The van der Waals surface area contributed by atoms with Crippen molar-refractivity contribution in [2.24, 2.45) is 0 Å². The van der Waals surface area contributed by atoms with Crippen LogP contribution in [0, 0.1) is 5.41 Å². The third kappa shape index (κ3) is 6.38. The molecule has 1 saturated heterocycles. The topological polar surface area (TPSA) is 151 Å². The lowest BCUT2D eigenvalue weighted by Gasteiger charge is -2.44. The first-order chi connectivity index (χ1) is 18.5. The molecule has 208 valence electrons. The Morgan fingerprint density at radius 3 is 2.59 bits per heavy atom. The SMILES string of the molecule is CN(C)c1ccc(N2CC(N(C)S(C)(=O)=O)C2)c2cnc(Nc3ccnc(/C(=C/NCCO)C(=N)Cl)n3)cc12. The minimum atomic E-state index is -3.25. The van der Waals surface area contributed by atoms with Crippen LogP contribution in [0.5, 0.6) is 0 Å². The highest BCUT2D eigenvalue weighted by Crippen LogP contribution is 2.37. The predicted molar refractivity (Wildman–Crippen MR) is 157 cm³/mol. The summed E-state index contributed by atoms with van der Waals surface area (Å²) in [6.07, 6.45) is 6.08. The molecule has 4 rings (SSSR count). The number of fused-ring (bicyclic) bond motifs is 1. The van der Waals surface area contributed by atoms with E-state index in [1.54, 1.807) is 25.5 Å². The molecule has 0 unspecified atom stereocenters. The van der Waals surface area contributed by atoms with E-state index >= 15 is 0 Å². The summed E-state index contributed by atoms with van der Waals surface area (Å²) in [6.45, 7) is 1.43. The molecular formula is C25H32ClN9O3S. The molecule has 0 atom stereocenters. The summed E-state index contributed by atoms with van der Waals surface area (Å²) in [5, 5.41) is 24.6. The second-order valence-corrected chi connectivity index (χ2v) is 11.8. The van der Waals surface area contributed by atoms with Gasteiger partial charge in [-0.05, 0) is 24.3 Å². The third-order valence-electron chi connectivity index (χ3n) is 6.47. The molecule has 1 aromatic carbocycles. The van der Waals surface area contributed by atoms with Crippen molar-refractivity contribution in [2.45, 2.75) is 6.04 Å². The standard InChI is InChI=1S/C25H32ClN9O3S/c1-33(2)20-5-6-21(35-14-16(15-35)34(3)39(4,37)38)18-13-30-23(11-17(18)20)31-22-7-8-29-25(32-22)19(24(26)27)12-28-9-10-36/h5-8,11-13,16,27-28,36H,9-10,14-15H2,1-4H3,(H,29,30,31,32)/b19-12+,27-24?. The molecule has 14 heteroatoms. The molecule has 2 aromatic heterocycles. The van der Waals surface area contributed by atoms with Crippen LogP contribution in [0.4, 0.5) is 23.0 Å². The maximum absolute atomic E-state index is 11.9. The number of hydrogen-bond donors (Lipinski definition) is 4. The quantitative estimate of drug-likeness (QED) is 0.198. The van der Waals surface area contributed by atoms with E-state index in [-0.39, 0.29) is 29.2 Å². The Bertz CT molecular complexity index is 1510. The highest BCUT2D eigenvalue weighted by atomic mass is 35.5. The Hall–Kier alpha value is -3.52. The fourth-order valence-corrected chi connectivity index (χ4v) is 5.06. The number of likely N-dealkylation sites (N-methyl/N-ethyl adjacent to an activating group) is 1. The summed E-state index contributed by atoms with van der Waals surface area (Å²) in [6, 6.07) is 7.64. The van der Waals surface area contributed by atoms with Crippen LogP contribution in [0.2, 0.25) is 0 Å². The highest BCUT2D eigenvalue weighted by Gasteiger charge is 2.35. The van der Waals surface area contributed by atoms with E-state index in [1.165, 1.54) is 16.8 Å². The van der Waals surface area contributed by atoms with E-state index in [0.717, 1.165) is 22.1 Å². The number of allylic oxidation sites excluding steroid dienone is 1. The van der Waals surface area contributed by atoms with Crippen LogP contribution in [0.15, 0.2) is 42.9 Å². The molecule has 12 nitrogen and oxygen atoms in total. The number of nitrogens with one attached hydrogen (secondary N) is 3. The van der Waals surface area contributed by atoms with Crippen molar-refractivity contribution in [3.63, 3.8) is 0 Å². The van der Waals surface area contributed by atoms with Crippen LogP contribution < -0.4 is 20.4 Å². The van der Waals surface area contributed by atoms with Crippen LogP contribution in [0.3, 0.4) is 0 Å². The van der Waals surface area contributed by atoms with E-state index in [1.807, 2.05) is 37.2 Å². The van der Waals surface area contributed by atoms with Crippen molar-refractivity contribution in [1.82, 2.24) is 24.6 Å². The molecule has 4 N–H and O–H groups in total. The fraction of sp³-hybridized carbons (Fsp3) is 0.360. The summed E-state index contributed by atoms with van der Waals surface area (Å²) < 4.78 is 25.3. The molecular weight excluding hydrogens is 542 g/mol. The summed E-state index contributed by atoms with van der Waals surface area (Å²) in [4.78, 5) is 17.5. The molecule has 0 amide bonds. The molecule has 1 aliphatic rings. The number of sulfonamides is 1. The zero-order valence-electron chi connectivity index (χ0n) is 22.2. The number of anilines is 4. The van der Waals surface area contributed by atoms with Gasteiger partial charge in [0.1, 0.15) is 16.8 Å².